The van der Waals surface area contributed by atoms with Crippen molar-refractivity contribution < 1.29 is 14.3 Å². The predicted octanol–water partition coefficient (Wildman–Crippen LogP) is 4.67. The molecular formula is C20H32N2O3. The van der Waals surface area contributed by atoms with E-state index in [0.29, 0.717) is 18.3 Å². The number of rotatable bonds is 8. The Kier molecular flexibility index (Phi) is 8.46. The first-order valence-electron chi connectivity index (χ1n) is 8.99. The van der Waals surface area contributed by atoms with Crippen LogP contribution in [0, 0.1) is 11.8 Å². The fourth-order valence-electron chi connectivity index (χ4n) is 2.19. The molecule has 0 fully saturated rings. The molecule has 1 unspecified atom stereocenters. The minimum atomic E-state index is -0.327. The van der Waals surface area contributed by atoms with Gasteiger partial charge in [-0.05, 0) is 42.9 Å². The predicted molar refractivity (Wildman–Crippen MR) is 101 cm³/mol. The lowest BCUT2D eigenvalue weighted by molar-refractivity contribution is -0.116. The van der Waals surface area contributed by atoms with Crippen molar-refractivity contribution in [2.24, 2.45) is 11.8 Å². The van der Waals surface area contributed by atoms with Crippen LogP contribution in [0.4, 0.5) is 10.5 Å². The average molecular weight is 348 g/mol. The van der Waals surface area contributed by atoms with Gasteiger partial charge in [0, 0.05) is 25.2 Å². The monoisotopic (exact) mass is 348 g/mol. The number of ether oxygens (including phenoxy) is 1. The zero-order valence-corrected chi connectivity index (χ0v) is 16.3. The molecule has 1 N–H and O–H groups in total. The van der Waals surface area contributed by atoms with E-state index in [1.807, 2.05) is 31.2 Å². The number of hydrogen-bond acceptors (Lipinski definition) is 3. The topological polar surface area (TPSA) is 58.6 Å². The number of carbonyl (C=O) groups is 2. The molecule has 0 radical (unpaired) electrons. The molecule has 0 heterocycles. The average Bonchev–Trinajstić information content (AvgIpc) is 2.57. The number of hydrogen-bond donors (Lipinski definition) is 1. The molecule has 5 heteroatoms. The van der Waals surface area contributed by atoms with Gasteiger partial charge in [0.2, 0.25) is 5.91 Å². The van der Waals surface area contributed by atoms with Gasteiger partial charge in [-0.15, -0.1) is 0 Å². The summed E-state index contributed by atoms with van der Waals surface area (Å²) in [6.07, 6.45) is 1.08. The first-order valence-corrected chi connectivity index (χ1v) is 8.99. The van der Waals surface area contributed by atoms with Gasteiger partial charge in [-0.25, -0.2) is 4.79 Å². The van der Waals surface area contributed by atoms with Crippen molar-refractivity contribution in [2.75, 3.05) is 12.4 Å². The molecule has 1 rings (SSSR count). The molecule has 0 saturated carbocycles. The van der Waals surface area contributed by atoms with Crippen LogP contribution in [0.25, 0.3) is 0 Å². The maximum Gasteiger partial charge on any atom is 0.410 e. The highest BCUT2D eigenvalue weighted by Crippen LogP contribution is 2.14. The van der Waals surface area contributed by atoms with Crippen LogP contribution in [-0.4, -0.2) is 30.0 Å². The zero-order chi connectivity index (χ0) is 19.0. The van der Waals surface area contributed by atoms with Crippen LogP contribution in [0.2, 0.25) is 0 Å². The Morgan fingerprint density at radius 2 is 1.68 bits per heavy atom. The fraction of sp³-hybridized carbons (Fsp3) is 0.600. The number of amides is 2. The Labute approximate surface area is 151 Å². The smallest absolute Gasteiger partial charge is 0.410 e. The van der Waals surface area contributed by atoms with E-state index in [4.69, 9.17) is 4.74 Å². The third-order valence-electron chi connectivity index (χ3n) is 4.41. The summed E-state index contributed by atoms with van der Waals surface area (Å²) in [5, 5.41) is 2.88. The van der Waals surface area contributed by atoms with Crippen LogP contribution in [0.3, 0.4) is 0 Å². The van der Waals surface area contributed by atoms with Crippen molar-refractivity contribution in [1.82, 2.24) is 4.90 Å². The van der Waals surface area contributed by atoms with Gasteiger partial charge < -0.3 is 15.0 Å². The molecular weight excluding hydrogens is 316 g/mol. The molecule has 0 aliphatic rings. The summed E-state index contributed by atoms with van der Waals surface area (Å²) >= 11 is 0. The van der Waals surface area contributed by atoms with Gasteiger partial charge >= 0.3 is 6.09 Å². The Morgan fingerprint density at radius 1 is 1.08 bits per heavy atom. The Balaban J connectivity index is 2.46. The normalized spacial score (nSPS) is 12.2. The SMILES string of the molecule is CC(C)CCC(=O)Nc1ccc(COC(=O)N(C)C(C)C(C)C)cc1. The largest absolute Gasteiger partial charge is 0.445 e. The summed E-state index contributed by atoms with van der Waals surface area (Å²) in [5.41, 5.74) is 1.65. The summed E-state index contributed by atoms with van der Waals surface area (Å²) < 4.78 is 5.35. The van der Waals surface area contributed by atoms with Crippen molar-refractivity contribution in [1.29, 1.82) is 0 Å². The van der Waals surface area contributed by atoms with Gasteiger partial charge in [-0.1, -0.05) is 39.8 Å². The maximum absolute atomic E-state index is 12.0. The molecule has 1 aromatic rings. The van der Waals surface area contributed by atoms with E-state index in [2.05, 4.69) is 33.0 Å². The molecule has 140 valence electrons. The first kappa shape index (κ1) is 21.0. The summed E-state index contributed by atoms with van der Waals surface area (Å²) in [4.78, 5) is 25.5. The maximum atomic E-state index is 12.0. The minimum absolute atomic E-state index is 0.0252. The lowest BCUT2D eigenvalue weighted by atomic mass is 10.1. The summed E-state index contributed by atoms with van der Waals surface area (Å²) in [7, 11) is 1.75. The standard InChI is InChI=1S/C20H32N2O3/c1-14(2)7-12-19(23)21-18-10-8-17(9-11-18)13-25-20(24)22(6)16(5)15(3)4/h8-11,14-16H,7,12-13H2,1-6H3,(H,21,23). The molecule has 25 heavy (non-hydrogen) atoms. The number of benzene rings is 1. The highest BCUT2D eigenvalue weighted by molar-refractivity contribution is 5.90. The number of carbonyl (C=O) groups excluding carboxylic acids is 2. The van der Waals surface area contributed by atoms with Gasteiger partial charge in [-0.2, -0.15) is 0 Å². The van der Waals surface area contributed by atoms with E-state index in [-0.39, 0.29) is 24.6 Å². The molecule has 0 aliphatic heterocycles. The summed E-state index contributed by atoms with van der Waals surface area (Å²) in [6, 6.07) is 7.50. The fourth-order valence-corrected chi connectivity index (χ4v) is 2.19. The number of anilines is 1. The second-order valence-electron chi connectivity index (χ2n) is 7.33. The van der Waals surface area contributed by atoms with Crippen molar-refractivity contribution in [2.45, 2.75) is 60.1 Å². The van der Waals surface area contributed by atoms with Crippen LogP contribution in [0.15, 0.2) is 24.3 Å². The molecule has 1 atom stereocenters. The van der Waals surface area contributed by atoms with Crippen LogP contribution in [0.1, 0.15) is 53.0 Å². The number of nitrogens with zero attached hydrogens (tertiary/aromatic N) is 1. The molecule has 1 aromatic carbocycles. The zero-order valence-electron chi connectivity index (χ0n) is 16.3. The van der Waals surface area contributed by atoms with E-state index in [1.54, 1.807) is 11.9 Å². The van der Waals surface area contributed by atoms with Gasteiger partial charge in [0.15, 0.2) is 0 Å². The quantitative estimate of drug-likeness (QED) is 0.742. The van der Waals surface area contributed by atoms with Crippen molar-refractivity contribution >= 4 is 17.7 Å². The van der Waals surface area contributed by atoms with Crippen LogP contribution >= 0.6 is 0 Å². The molecule has 5 nitrogen and oxygen atoms in total. The van der Waals surface area contributed by atoms with Crippen LogP contribution in [0.5, 0.6) is 0 Å². The second kappa shape index (κ2) is 10.1. The van der Waals surface area contributed by atoms with E-state index < -0.39 is 0 Å². The summed E-state index contributed by atoms with van der Waals surface area (Å²) in [6.45, 7) is 10.6. The van der Waals surface area contributed by atoms with Crippen LogP contribution in [-0.2, 0) is 16.1 Å². The third-order valence-corrected chi connectivity index (χ3v) is 4.41. The molecule has 2 amide bonds. The molecule has 0 aliphatic carbocycles. The Hall–Kier alpha value is -2.04. The molecule has 0 bridgehead atoms. The van der Waals surface area contributed by atoms with Gasteiger partial charge in [-0.3, -0.25) is 4.79 Å². The first-order chi connectivity index (χ1) is 11.7. The minimum Gasteiger partial charge on any atom is -0.445 e. The van der Waals surface area contributed by atoms with Crippen molar-refractivity contribution in [3.8, 4) is 0 Å². The molecule has 0 spiro atoms. The Bertz CT molecular complexity index is 553. The van der Waals surface area contributed by atoms with E-state index >= 15 is 0 Å². The second-order valence-corrected chi connectivity index (χ2v) is 7.33. The van der Waals surface area contributed by atoms with E-state index in [9.17, 15) is 9.59 Å². The lowest BCUT2D eigenvalue weighted by Gasteiger charge is -2.27. The van der Waals surface area contributed by atoms with E-state index in [1.165, 1.54) is 0 Å². The lowest BCUT2D eigenvalue weighted by Crippen LogP contribution is -2.38. The third kappa shape index (κ3) is 7.59. The van der Waals surface area contributed by atoms with Crippen LogP contribution < -0.4 is 5.32 Å². The summed E-state index contributed by atoms with van der Waals surface area (Å²) in [5.74, 6) is 0.910. The highest BCUT2D eigenvalue weighted by atomic mass is 16.6. The highest BCUT2D eigenvalue weighted by Gasteiger charge is 2.19. The Morgan fingerprint density at radius 3 is 2.20 bits per heavy atom. The number of nitrogens with one attached hydrogen (secondary N) is 1. The van der Waals surface area contributed by atoms with Gasteiger partial charge in [0.1, 0.15) is 6.61 Å². The van der Waals surface area contributed by atoms with Crippen molar-refractivity contribution in [3.63, 3.8) is 0 Å². The van der Waals surface area contributed by atoms with Crippen molar-refractivity contribution in [3.05, 3.63) is 29.8 Å². The molecule has 0 aromatic heterocycles. The van der Waals surface area contributed by atoms with E-state index in [0.717, 1.165) is 17.7 Å². The van der Waals surface area contributed by atoms with Gasteiger partial charge in [0.05, 0.1) is 0 Å². The molecule has 0 saturated heterocycles. The van der Waals surface area contributed by atoms with Gasteiger partial charge in [0.25, 0.3) is 0 Å².